The number of hydrogen-bond donors (Lipinski definition) is 2. The first-order chi connectivity index (χ1) is 7.82. The lowest BCUT2D eigenvalue weighted by atomic mass is 9.99. The average molecular weight is 242 g/mol. The maximum atomic E-state index is 12.3. The fraction of sp³-hybridized carbons (Fsp3) is 0.833. The Labute approximate surface area is 102 Å². The first-order valence-electron chi connectivity index (χ1n) is 6.09. The number of hydrogen-bond acceptors (Lipinski definition) is 3. The van der Waals surface area contributed by atoms with Gasteiger partial charge in [-0.25, -0.2) is 0 Å². The van der Waals surface area contributed by atoms with Gasteiger partial charge in [0.25, 0.3) is 0 Å². The summed E-state index contributed by atoms with van der Waals surface area (Å²) < 4.78 is 0. The zero-order valence-electron chi connectivity index (χ0n) is 10.8. The van der Waals surface area contributed by atoms with E-state index >= 15 is 0 Å². The molecule has 5 nitrogen and oxygen atoms in total. The smallest absolute Gasteiger partial charge is 0.323 e. The van der Waals surface area contributed by atoms with E-state index in [0.29, 0.717) is 0 Å². The molecule has 1 aliphatic rings. The zero-order valence-corrected chi connectivity index (χ0v) is 10.8. The summed E-state index contributed by atoms with van der Waals surface area (Å²) in [5.41, 5.74) is -0.464. The van der Waals surface area contributed by atoms with E-state index in [1.54, 1.807) is 0 Å². The number of aliphatic carboxylic acids is 1. The van der Waals surface area contributed by atoms with Crippen LogP contribution in [0.5, 0.6) is 0 Å². The highest BCUT2D eigenvalue weighted by Crippen LogP contribution is 2.17. The third kappa shape index (κ3) is 4.00. The molecule has 0 aromatic rings. The van der Waals surface area contributed by atoms with Gasteiger partial charge in [0, 0.05) is 5.54 Å². The van der Waals surface area contributed by atoms with Crippen LogP contribution in [0.4, 0.5) is 0 Å². The SMILES string of the molecule is CC(C)(C)N(CC(=O)O)C(=O)[C@H]1CCCCN1. The quantitative estimate of drug-likeness (QED) is 0.769. The Morgan fingerprint density at radius 2 is 2.00 bits per heavy atom. The van der Waals surface area contributed by atoms with Crippen molar-refractivity contribution in [2.75, 3.05) is 13.1 Å². The Bertz CT molecular complexity index is 291. The number of carbonyl (C=O) groups is 2. The Hall–Kier alpha value is -1.10. The lowest BCUT2D eigenvalue weighted by Gasteiger charge is -2.38. The van der Waals surface area contributed by atoms with E-state index in [0.717, 1.165) is 25.8 Å². The molecule has 1 heterocycles. The van der Waals surface area contributed by atoms with Crippen LogP contribution in [0.3, 0.4) is 0 Å². The van der Waals surface area contributed by atoms with Gasteiger partial charge in [0.05, 0.1) is 6.04 Å². The lowest BCUT2D eigenvalue weighted by Crippen LogP contribution is -2.56. The summed E-state index contributed by atoms with van der Waals surface area (Å²) in [4.78, 5) is 24.6. The van der Waals surface area contributed by atoms with Crippen LogP contribution in [0.1, 0.15) is 40.0 Å². The van der Waals surface area contributed by atoms with Gasteiger partial charge in [-0.2, -0.15) is 0 Å². The first kappa shape index (κ1) is 14.0. The lowest BCUT2D eigenvalue weighted by molar-refractivity contribution is -0.149. The molecule has 0 aromatic heterocycles. The third-order valence-corrected chi connectivity index (χ3v) is 2.98. The van der Waals surface area contributed by atoms with Gasteiger partial charge < -0.3 is 15.3 Å². The molecule has 1 fully saturated rings. The molecular formula is C12H22N2O3. The van der Waals surface area contributed by atoms with Crippen LogP contribution in [0.15, 0.2) is 0 Å². The van der Waals surface area contributed by atoms with Crippen LogP contribution >= 0.6 is 0 Å². The zero-order chi connectivity index (χ0) is 13.1. The predicted molar refractivity (Wildman–Crippen MR) is 64.7 cm³/mol. The predicted octanol–water partition coefficient (Wildman–Crippen LogP) is 0.840. The van der Waals surface area contributed by atoms with E-state index in [-0.39, 0.29) is 18.5 Å². The summed E-state index contributed by atoms with van der Waals surface area (Å²) in [6, 6.07) is -0.220. The monoisotopic (exact) mass is 242 g/mol. The molecule has 1 atom stereocenters. The molecule has 0 aliphatic carbocycles. The molecule has 5 heteroatoms. The van der Waals surface area contributed by atoms with E-state index in [1.165, 1.54) is 4.90 Å². The highest BCUT2D eigenvalue weighted by molar-refractivity contribution is 5.86. The normalized spacial score (nSPS) is 21.0. The van der Waals surface area contributed by atoms with Crippen LogP contribution in [0.2, 0.25) is 0 Å². The van der Waals surface area contributed by atoms with Crippen LogP contribution in [0.25, 0.3) is 0 Å². The highest BCUT2D eigenvalue weighted by atomic mass is 16.4. The maximum absolute atomic E-state index is 12.3. The molecule has 0 aromatic carbocycles. The second-order valence-electron chi connectivity index (χ2n) is 5.49. The Kier molecular flexibility index (Phi) is 4.51. The number of amides is 1. The van der Waals surface area contributed by atoms with Gasteiger partial charge in [0.2, 0.25) is 5.91 Å². The third-order valence-electron chi connectivity index (χ3n) is 2.98. The summed E-state index contributed by atoms with van der Waals surface area (Å²) >= 11 is 0. The van der Waals surface area contributed by atoms with Crippen molar-refractivity contribution < 1.29 is 14.7 Å². The number of carbonyl (C=O) groups excluding carboxylic acids is 1. The van der Waals surface area contributed by atoms with E-state index in [1.807, 2.05) is 20.8 Å². The van der Waals surface area contributed by atoms with Crippen molar-refractivity contribution in [3.05, 3.63) is 0 Å². The number of nitrogens with one attached hydrogen (secondary N) is 1. The van der Waals surface area contributed by atoms with E-state index in [4.69, 9.17) is 5.11 Å². The van der Waals surface area contributed by atoms with Crippen LogP contribution < -0.4 is 5.32 Å². The van der Waals surface area contributed by atoms with Crippen molar-refractivity contribution in [3.63, 3.8) is 0 Å². The van der Waals surface area contributed by atoms with Crippen molar-refractivity contribution in [1.29, 1.82) is 0 Å². The van der Waals surface area contributed by atoms with Crippen molar-refractivity contribution >= 4 is 11.9 Å². The minimum atomic E-state index is -0.968. The van der Waals surface area contributed by atoms with Gasteiger partial charge in [-0.3, -0.25) is 9.59 Å². The summed E-state index contributed by atoms with van der Waals surface area (Å²) in [5.74, 6) is -1.07. The summed E-state index contributed by atoms with van der Waals surface area (Å²) in [6.45, 7) is 6.17. The topological polar surface area (TPSA) is 69.6 Å². The van der Waals surface area contributed by atoms with Crippen LogP contribution in [0, 0.1) is 0 Å². The minimum absolute atomic E-state index is 0.0976. The number of nitrogens with zero attached hydrogens (tertiary/aromatic N) is 1. The largest absolute Gasteiger partial charge is 0.480 e. The van der Waals surface area contributed by atoms with Crippen molar-refractivity contribution in [2.45, 2.75) is 51.6 Å². The van der Waals surface area contributed by atoms with Gasteiger partial charge in [-0.15, -0.1) is 0 Å². The molecule has 0 spiro atoms. The Balaban J connectivity index is 2.74. The maximum Gasteiger partial charge on any atom is 0.323 e. The van der Waals surface area contributed by atoms with E-state index < -0.39 is 11.5 Å². The number of carboxylic acids is 1. The second kappa shape index (κ2) is 5.49. The first-order valence-corrected chi connectivity index (χ1v) is 6.09. The number of rotatable bonds is 3. The molecule has 0 bridgehead atoms. The number of carboxylic acid groups (broad SMARTS) is 1. The fourth-order valence-corrected chi connectivity index (χ4v) is 2.03. The van der Waals surface area contributed by atoms with Crippen molar-refractivity contribution in [1.82, 2.24) is 10.2 Å². The molecule has 0 radical (unpaired) electrons. The highest BCUT2D eigenvalue weighted by Gasteiger charge is 2.33. The molecule has 2 N–H and O–H groups in total. The second-order valence-corrected chi connectivity index (χ2v) is 5.49. The van der Waals surface area contributed by atoms with Crippen LogP contribution in [-0.4, -0.2) is 46.6 Å². The Morgan fingerprint density at radius 1 is 1.35 bits per heavy atom. The minimum Gasteiger partial charge on any atom is -0.480 e. The molecular weight excluding hydrogens is 220 g/mol. The molecule has 1 rings (SSSR count). The van der Waals surface area contributed by atoms with Gasteiger partial charge >= 0.3 is 5.97 Å². The fourth-order valence-electron chi connectivity index (χ4n) is 2.03. The standard InChI is InChI=1S/C12H22N2O3/c1-12(2,3)14(8-10(15)16)11(17)9-6-4-5-7-13-9/h9,13H,4-8H2,1-3H3,(H,15,16)/t9-/m1/s1. The molecule has 1 amide bonds. The van der Waals surface area contributed by atoms with Crippen molar-refractivity contribution in [3.8, 4) is 0 Å². The molecule has 0 saturated carbocycles. The summed E-state index contributed by atoms with van der Waals surface area (Å²) in [6.07, 6.45) is 2.90. The molecule has 17 heavy (non-hydrogen) atoms. The summed E-state index contributed by atoms with van der Waals surface area (Å²) in [7, 11) is 0. The molecule has 1 saturated heterocycles. The number of piperidine rings is 1. The molecule has 1 aliphatic heterocycles. The van der Waals surface area contributed by atoms with Crippen molar-refractivity contribution in [2.24, 2.45) is 0 Å². The van der Waals surface area contributed by atoms with Crippen LogP contribution in [-0.2, 0) is 9.59 Å². The van der Waals surface area contributed by atoms with Gasteiger partial charge in [-0.1, -0.05) is 6.42 Å². The van der Waals surface area contributed by atoms with Gasteiger partial charge in [0.1, 0.15) is 6.54 Å². The average Bonchev–Trinajstić information content (AvgIpc) is 2.24. The van der Waals surface area contributed by atoms with E-state index in [9.17, 15) is 9.59 Å². The summed E-state index contributed by atoms with van der Waals surface area (Å²) in [5, 5.41) is 12.0. The molecule has 0 unspecified atom stereocenters. The molecule has 98 valence electrons. The van der Waals surface area contributed by atoms with Gasteiger partial charge in [0.15, 0.2) is 0 Å². The van der Waals surface area contributed by atoms with Gasteiger partial charge in [-0.05, 0) is 40.2 Å². The van der Waals surface area contributed by atoms with E-state index in [2.05, 4.69) is 5.32 Å². The Morgan fingerprint density at radius 3 is 2.41 bits per heavy atom.